The predicted molar refractivity (Wildman–Crippen MR) is 86.4 cm³/mol. The molecule has 0 radical (unpaired) electrons. The van der Waals surface area contributed by atoms with Crippen LogP contribution in [0.15, 0.2) is 57.8 Å². The third kappa shape index (κ3) is 3.79. The molecule has 2 aromatic rings. The van der Waals surface area contributed by atoms with Crippen LogP contribution in [-0.2, 0) is 16.4 Å². The van der Waals surface area contributed by atoms with E-state index in [4.69, 9.17) is 0 Å². The Bertz CT molecular complexity index is 742. The van der Waals surface area contributed by atoms with Gasteiger partial charge in [0.15, 0.2) is 0 Å². The first kappa shape index (κ1) is 15.4. The van der Waals surface area contributed by atoms with Crippen molar-refractivity contribution in [3.63, 3.8) is 0 Å². The van der Waals surface area contributed by atoms with Crippen LogP contribution in [0, 0.1) is 6.92 Å². The third-order valence-corrected chi connectivity index (χ3v) is 4.74. The highest BCUT2D eigenvalue weighted by Gasteiger charge is 2.13. The maximum Gasteiger partial charge on any atom is 0.282 e. The van der Waals surface area contributed by atoms with Crippen LogP contribution in [0.25, 0.3) is 0 Å². The molecule has 0 spiro atoms. The number of aryl methyl sites for hydroxylation is 2. The van der Waals surface area contributed by atoms with E-state index in [0.29, 0.717) is 5.71 Å². The number of rotatable bonds is 4. The van der Waals surface area contributed by atoms with Gasteiger partial charge in [0.25, 0.3) is 10.0 Å². The fraction of sp³-hybridized carbons (Fsp3) is 0.235. The largest absolute Gasteiger partial charge is 0.282 e. The second-order valence-corrected chi connectivity index (χ2v) is 6.62. The normalized spacial score (nSPS) is 12.4. The van der Waals surface area contributed by atoms with E-state index < -0.39 is 10.0 Å². The lowest BCUT2D eigenvalue weighted by Crippen LogP contribution is -2.03. The quantitative estimate of drug-likeness (QED) is 0.807. The van der Waals surface area contributed by atoms with Crippen LogP contribution in [0.5, 0.6) is 0 Å². The zero-order valence-corrected chi connectivity index (χ0v) is 13.3. The Morgan fingerprint density at radius 1 is 1.00 bits per heavy atom. The summed E-state index contributed by atoms with van der Waals surface area (Å²) in [7, 11) is -3.65. The first-order chi connectivity index (χ1) is 9.92. The Kier molecular flexibility index (Phi) is 4.58. The van der Waals surface area contributed by atoms with Crippen molar-refractivity contribution in [1.82, 2.24) is 0 Å². The van der Waals surface area contributed by atoms with Crippen LogP contribution >= 0.6 is 0 Å². The lowest BCUT2D eigenvalue weighted by molar-refractivity contribution is 0.598. The molecule has 0 aliphatic heterocycles. The molecule has 0 aliphatic carbocycles. The average molecular weight is 301 g/mol. The highest BCUT2D eigenvalue weighted by atomic mass is 32.2. The zero-order valence-electron chi connectivity index (χ0n) is 12.5. The minimum Gasteiger partial charge on any atom is -0.199 e. The van der Waals surface area contributed by atoms with Crippen LogP contribution < -0.4 is 0 Å². The van der Waals surface area contributed by atoms with Crippen molar-refractivity contribution in [2.75, 3.05) is 0 Å². The molecule has 0 saturated heterocycles. The molecular weight excluding hydrogens is 282 g/mol. The molecule has 0 amide bonds. The average Bonchev–Trinajstić information content (AvgIpc) is 2.47. The summed E-state index contributed by atoms with van der Waals surface area (Å²) in [5.74, 6) is 0. The van der Waals surface area contributed by atoms with Gasteiger partial charge in [-0.05, 0) is 43.5 Å². The minimum absolute atomic E-state index is 0.220. The lowest BCUT2D eigenvalue weighted by atomic mass is 10.1. The molecule has 0 atom stereocenters. The van der Waals surface area contributed by atoms with Crippen molar-refractivity contribution < 1.29 is 8.42 Å². The second kappa shape index (κ2) is 6.22. The minimum atomic E-state index is -3.65. The molecule has 3 nitrogen and oxygen atoms in total. The maximum absolute atomic E-state index is 12.3. The van der Waals surface area contributed by atoms with Gasteiger partial charge in [0.2, 0.25) is 0 Å². The summed E-state index contributed by atoms with van der Waals surface area (Å²) in [6.45, 7) is 5.71. The molecule has 0 heterocycles. The summed E-state index contributed by atoms with van der Waals surface area (Å²) < 4.78 is 28.4. The van der Waals surface area contributed by atoms with E-state index in [9.17, 15) is 8.42 Å². The summed E-state index contributed by atoms with van der Waals surface area (Å²) in [5, 5.41) is 0. The molecule has 0 unspecified atom stereocenters. The van der Waals surface area contributed by atoms with Crippen LogP contribution in [0.2, 0.25) is 0 Å². The van der Waals surface area contributed by atoms with Gasteiger partial charge in [-0.25, -0.2) is 0 Å². The molecule has 2 aromatic carbocycles. The third-order valence-electron chi connectivity index (χ3n) is 3.36. The Morgan fingerprint density at radius 2 is 1.57 bits per heavy atom. The van der Waals surface area contributed by atoms with E-state index in [1.165, 1.54) is 5.56 Å². The van der Waals surface area contributed by atoms with Crippen LogP contribution in [0.4, 0.5) is 0 Å². The monoisotopic (exact) mass is 301 g/mol. The highest BCUT2D eigenvalue weighted by Crippen LogP contribution is 2.15. The molecule has 0 aliphatic rings. The van der Waals surface area contributed by atoms with E-state index in [0.717, 1.165) is 17.5 Å². The van der Waals surface area contributed by atoms with Crippen molar-refractivity contribution in [3.05, 3.63) is 65.2 Å². The fourth-order valence-electron chi connectivity index (χ4n) is 1.98. The highest BCUT2D eigenvalue weighted by molar-refractivity contribution is 7.90. The van der Waals surface area contributed by atoms with E-state index >= 15 is 0 Å². The number of hydrogen-bond acceptors (Lipinski definition) is 2. The number of benzene rings is 2. The van der Waals surface area contributed by atoms with Crippen molar-refractivity contribution in [2.24, 2.45) is 4.40 Å². The number of sulfonamides is 1. The summed E-state index contributed by atoms with van der Waals surface area (Å²) in [4.78, 5) is 0.220. The van der Waals surface area contributed by atoms with Crippen molar-refractivity contribution in [1.29, 1.82) is 0 Å². The molecule has 2 rings (SSSR count). The Morgan fingerprint density at radius 3 is 2.10 bits per heavy atom. The first-order valence-corrected chi connectivity index (χ1v) is 8.34. The molecule has 21 heavy (non-hydrogen) atoms. The van der Waals surface area contributed by atoms with Gasteiger partial charge in [0, 0.05) is 0 Å². The van der Waals surface area contributed by atoms with Gasteiger partial charge in [-0.3, -0.25) is 0 Å². The van der Waals surface area contributed by atoms with Crippen molar-refractivity contribution in [3.8, 4) is 0 Å². The van der Waals surface area contributed by atoms with Crippen molar-refractivity contribution >= 4 is 15.7 Å². The summed E-state index contributed by atoms with van der Waals surface area (Å²) in [5.41, 5.74) is 3.55. The van der Waals surface area contributed by atoms with Gasteiger partial charge in [-0.2, -0.15) is 12.8 Å². The molecule has 0 saturated carbocycles. The molecule has 0 fully saturated rings. The van der Waals surface area contributed by atoms with Gasteiger partial charge in [0.05, 0.1) is 10.6 Å². The van der Waals surface area contributed by atoms with Gasteiger partial charge in [-0.1, -0.05) is 48.9 Å². The standard InChI is InChI=1S/C17H19NO2S/c1-4-15-7-9-16(10-8-15)14(3)18-21(19,20)17-11-5-13(2)6-12-17/h5-12H,4H2,1-3H3/b18-14+. The fourth-order valence-corrected chi connectivity index (χ4v) is 3.03. The molecule has 0 bridgehead atoms. The molecule has 0 aromatic heterocycles. The lowest BCUT2D eigenvalue weighted by Gasteiger charge is -2.04. The van der Waals surface area contributed by atoms with Gasteiger partial charge >= 0.3 is 0 Å². The predicted octanol–water partition coefficient (Wildman–Crippen LogP) is 3.76. The smallest absolute Gasteiger partial charge is 0.199 e. The van der Waals surface area contributed by atoms with Crippen molar-refractivity contribution in [2.45, 2.75) is 32.1 Å². The topological polar surface area (TPSA) is 46.5 Å². The summed E-state index contributed by atoms with van der Waals surface area (Å²) in [6.07, 6.45) is 0.956. The van der Waals surface area contributed by atoms with Gasteiger partial charge < -0.3 is 0 Å². The SMILES string of the molecule is CCc1ccc(/C(C)=N/S(=O)(=O)c2ccc(C)cc2)cc1. The molecule has 110 valence electrons. The van der Waals surface area contributed by atoms with E-state index in [1.807, 2.05) is 31.2 Å². The number of hydrogen-bond donors (Lipinski definition) is 0. The second-order valence-electron chi connectivity index (χ2n) is 5.02. The van der Waals surface area contributed by atoms with Gasteiger partial charge in [0.1, 0.15) is 0 Å². The zero-order chi connectivity index (χ0) is 15.5. The molecule has 0 N–H and O–H groups in total. The van der Waals surface area contributed by atoms with E-state index in [1.54, 1.807) is 31.2 Å². The molecular formula is C17H19NO2S. The van der Waals surface area contributed by atoms with Gasteiger partial charge in [-0.15, -0.1) is 0 Å². The van der Waals surface area contributed by atoms with Crippen LogP contribution in [0.1, 0.15) is 30.5 Å². The number of nitrogens with zero attached hydrogens (tertiary/aromatic N) is 1. The van der Waals surface area contributed by atoms with E-state index in [2.05, 4.69) is 11.3 Å². The Labute approximate surface area is 126 Å². The van der Waals surface area contributed by atoms with E-state index in [-0.39, 0.29) is 4.90 Å². The summed E-state index contributed by atoms with van der Waals surface area (Å²) in [6, 6.07) is 14.5. The Hall–Kier alpha value is -1.94. The Balaban J connectivity index is 2.33. The first-order valence-electron chi connectivity index (χ1n) is 6.90. The summed E-state index contributed by atoms with van der Waals surface area (Å²) >= 11 is 0. The molecule has 4 heteroatoms. The maximum atomic E-state index is 12.3. The van der Waals surface area contributed by atoms with Crippen LogP contribution in [-0.4, -0.2) is 14.1 Å². The van der Waals surface area contributed by atoms with Crippen LogP contribution in [0.3, 0.4) is 0 Å².